The third-order valence-corrected chi connectivity index (χ3v) is 9.28. The average Bonchev–Trinajstić information content (AvgIpc) is 3.76. The fourth-order valence-electron chi connectivity index (χ4n) is 6.41. The van der Waals surface area contributed by atoms with E-state index in [0.717, 1.165) is 24.0 Å². The molecule has 5 rings (SSSR count). The molecule has 3 saturated heterocycles. The molecule has 3 amide bonds. The second-order valence-corrected chi connectivity index (χ2v) is 13.1. The smallest absolute Gasteiger partial charge is 0.322 e. The van der Waals surface area contributed by atoms with Gasteiger partial charge in [-0.3, -0.25) is 14.9 Å². The Kier molecular flexibility index (Phi) is 14.1. The molecule has 45 heavy (non-hydrogen) atoms. The number of nitrogens with one attached hydrogen (secondary N) is 2. The molecule has 1 spiro atoms. The van der Waals surface area contributed by atoms with Gasteiger partial charge in [-0.1, -0.05) is 127 Å². The van der Waals surface area contributed by atoms with E-state index in [9.17, 15) is 14.4 Å². The maximum Gasteiger partial charge on any atom is 0.322 e. The topological polar surface area (TPSA) is 93.7 Å². The third kappa shape index (κ3) is 10.8. The zero-order valence-electron chi connectivity index (χ0n) is 27.5. The van der Waals surface area contributed by atoms with Crippen molar-refractivity contribution in [2.75, 3.05) is 13.2 Å². The lowest BCUT2D eigenvalue weighted by atomic mass is 9.93. The summed E-state index contributed by atoms with van der Waals surface area (Å²) in [6, 6.07) is 16.7. The largest absolute Gasteiger partial charge is 0.370 e. The van der Waals surface area contributed by atoms with Gasteiger partial charge in [-0.2, -0.15) is 0 Å². The number of urea groups is 1. The van der Waals surface area contributed by atoms with Crippen LogP contribution in [0.5, 0.6) is 0 Å². The minimum Gasteiger partial charge on any atom is -0.370 e. The van der Waals surface area contributed by atoms with E-state index >= 15 is 0 Å². The number of Topliss-reactive ketones (excluding diaryl/α,β-unsaturated/α-hetero) is 1. The first-order valence-corrected chi connectivity index (χ1v) is 17.5. The van der Waals surface area contributed by atoms with E-state index in [2.05, 4.69) is 73.0 Å². The van der Waals surface area contributed by atoms with Gasteiger partial charge in [0.05, 0.1) is 18.8 Å². The highest BCUT2D eigenvalue weighted by Gasteiger charge is 2.52. The zero-order valence-corrected chi connectivity index (χ0v) is 27.5. The summed E-state index contributed by atoms with van der Waals surface area (Å²) in [5.41, 5.74) is 4.06. The van der Waals surface area contributed by atoms with Crippen LogP contribution in [0.4, 0.5) is 4.79 Å². The van der Waals surface area contributed by atoms with Gasteiger partial charge in [0.25, 0.3) is 5.91 Å². The van der Waals surface area contributed by atoms with Gasteiger partial charge < -0.3 is 14.8 Å². The molecule has 3 atom stereocenters. The molecular formula is C38H54N2O5. The SMILES string of the molecule is CCCCCCCCc1ccc(C2CC(=O)CO2)cc1.CCCCCCCCc1ccc(C2CC3(CO2)NC(=O)NC3=O)cc1. The molecule has 2 aromatic rings. The molecule has 0 aromatic heterocycles. The Bertz CT molecular complexity index is 1210. The van der Waals surface area contributed by atoms with Crippen LogP contribution in [-0.2, 0) is 31.9 Å². The van der Waals surface area contributed by atoms with Crippen LogP contribution in [0.15, 0.2) is 48.5 Å². The van der Waals surface area contributed by atoms with Crippen molar-refractivity contribution >= 4 is 17.7 Å². The number of imide groups is 1. The Morgan fingerprint density at radius 3 is 1.64 bits per heavy atom. The maximum atomic E-state index is 12.0. The maximum absolute atomic E-state index is 12.0. The van der Waals surface area contributed by atoms with Crippen LogP contribution in [0, 0.1) is 0 Å². The Morgan fingerprint density at radius 2 is 1.18 bits per heavy atom. The van der Waals surface area contributed by atoms with Crippen LogP contribution in [-0.4, -0.2) is 36.5 Å². The van der Waals surface area contributed by atoms with Crippen LogP contribution in [0.3, 0.4) is 0 Å². The van der Waals surface area contributed by atoms with Crippen molar-refractivity contribution in [3.8, 4) is 0 Å². The van der Waals surface area contributed by atoms with E-state index in [-0.39, 0.29) is 37.1 Å². The first-order valence-electron chi connectivity index (χ1n) is 17.5. The van der Waals surface area contributed by atoms with E-state index in [1.165, 1.54) is 88.2 Å². The summed E-state index contributed by atoms with van der Waals surface area (Å²) < 4.78 is 11.3. The second kappa shape index (κ2) is 18.2. The highest BCUT2D eigenvalue weighted by atomic mass is 16.5. The Balaban J connectivity index is 0.000000210. The number of benzene rings is 2. The van der Waals surface area contributed by atoms with Gasteiger partial charge >= 0.3 is 6.03 Å². The summed E-state index contributed by atoms with van der Waals surface area (Å²) in [6.45, 7) is 5.01. The van der Waals surface area contributed by atoms with Crippen molar-refractivity contribution in [3.63, 3.8) is 0 Å². The number of rotatable bonds is 16. The number of carbonyl (C=O) groups excluding carboxylic acids is 3. The van der Waals surface area contributed by atoms with Crippen LogP contribution in [0.25, 0.3) is 0 Å². The fourth-order valence-corrected chi connectivity index (χ4v) is 6.41. The van der Waals surface area contributed by atoms with E-state index in [0.29, 0.717) is 12.8 Å². The van der Waals surface area contributed by atoms with Crippen LogP contribution in [0.2, 0.25) is 0 Å². The third-order valence-electron chi connectivity index (χ3n) is 9.28. The van der Waals surface area contributed by atoms with Gasteiger partial charge in [0, 0.05) is 12.8 Å². The quantitative estimate of drug-likeness (QED) is 0.146. The van der Waals surface area contributed by atoms with Crippen molar-refractivity contribution < 1.29 is 23.9 Å². The van der Waals surface area contributed by atoms with Crippen molar-refractivity contribution in [2.24, 2.45) is 0 Å². The number of ketones is 1. The zero-order chi connectivity index (χ0) is 31.9. The van der Waals surface area contributed by atoms with Crippen molar-refractivity contribution in [1.82, 2.24) is 10.6 Å². The second-order valence-electron chi connectivity index (χ2n) is 13.1. The Labute approximate surface area is 270 Å². The number of amides is 3. The minimum atomic E-state index is -0.890. The predicted molar refractivity (Wildman–Crippen MR) is 178 cm³/mol. The summed E-state index contributed by atoms with van der Waals surface area (Å²) in [6.07, 6.45) is 19.0. The number of hydrogen-bond donors (Lipinski definition) is 2. The molecule has 3 unspecified atom stereocenters. The molecule has 2 N–H and O–H groups in total. The monoisotopic (exact) mass is 618 g/mol. The molecule has 3 aliphatic rings. The summed E-state index contributed by atoms with van der Waals surface area (Å²) in [5.74, 6) is -0.0640. The van der Waals surface area contributed by atoms with E-state index in [4.69, 9.17) is 9.47 Å². The average molecular weight is 619 g/mol. The molecule has 2 aromatic carbocycles. The Hall–Kier alpha value is -3.03. The number of hydrogen-bond acceptors (Lipinski definition) is 5. The van der Waals surface area contributed by atoms with E-state index in [1.54, 1.807) is 0 Å². The lowest BCUT2D eigenvalue weighted by Gasteiger charge is -2.17. The molecule has 3 fully saturated rings. The van der Waals surface area contributed by atoms with Crippen molar-refractivity contribution in [1.29, 1.82) is 0 Å². The van der Waals surface area contributed by atoms with Crippen LogP contribution >= 0.6 is 0 Å². The molecular weight excluding hydrogens is 564 g/mol. The highest BCUT2D eigenvalue weighted by molar-refractivity contribution is 6.07. The number of ether oxygens (including phenoxy) is 2. The normalized spacial score (nSPS) is 22.4. The van der Waals surface area contributed by atoms with Gasteiger partial charge in [-0.15, -0.1) is 0 Å². The van der Waals surface area contributed by atoms with Crippen molar-refractivity contribution in [3.05, 3.63) is 70.8 Å². The Morgan fingerprint density at radius 1 is 0.667 bits per heavy atom. The van der Waals surface area contributed by atoms with Gasteiger partial charge in [0.2, 0.25) is 0 Å². The standard InChI is InChI=1S/C20H28N2O3.C18H26O2/c1-2-3-4-5-6-7-8-15-9-11-16(12-10-15)17-13-20(14-25-17)18(23)21-19(24)22-20;1-2-3-4-5-6-7-8-15-9-11-16(12-10-15)18-13-17(19)14-20-18/h9-12,17H,2-8,13-14H2,1H3,(H2,21,22,23,24);9-12,18H,2-8,13-14H2,1H3. The fraction of sp³-hybridized carbons (Fsp3) is 0.605. The first-order chi connectivity index (χ1) is 21.9. The minimum absolute atomic E-state index is 0.00871. The van der Waals surface area contributed by atoms with Gasteiger partial charge in [0.1, 0.15) is 12.1 Å². The summed E-state index contributed by atoms with van der Waals surface area (Å²) in [4.78, 5) is 34.6. The predicted octanol–water partition coefficient (Wildman–Crippen LogP) is 8.25. The lowest BCUT2D eigenvalue weighted by Crippen LogP contribution is -2.47. The lowest BCUT2D eigenvalue weighted by molar-refractivity contribution is -0.124. The van der Waals surface area contributed by atoms with E-state index in [1.807, 2.05) is 0 Å². The van der Waals surface area contributed by atoms with Crippen molar-refractivity contribution in [2.45, 2.75) is 134 Å². The molecule has 0 saturated carbocycles. The molecule has 0 radical (unpaired) electrons. The molecule has 0 bridgehead atoms. The number of aryl methyl sites for hydroxylation is 2. The molecule has 3 aliphatic heterocycles. The van der Waals surface area contributed by atoms with Crippen LogP contribution in [0.1, 0.15) is 138 Å². The molecule has 0 aliphatic carbocycles. The van der Waals surface area contributed by atoms with Gasteiger partial charge in [0.15, 0.2) is 5.78 Å². The highest BCUT2D eigenvalue weighted by Crippen LogP contribution is 2.37. The molecule has 246 valence electrons. The number of carbonyl (C=O) groups is 3. The van der Waals surface area contributed by atoms with Gasteiger partial charge in [-0.05, 0) is 47.9 Å². The first kappa shape index (κ1) is 34.8. The molecule has 7 heteroatoms. The number of unbranched alkanes of at least 4 members (excludes halogenated alkanes) is 10. The summed E-state index contributed by atoms with van der Waals surface area (Å²) in [5, 5.41) is 5.02. The summed E-state index contributed by atoms with van der Waals surface area (Å²) in [7, 11) is 0. The van der Waals surface area contributed by atoms with Gasteiger partial charge in [-0.25, -0.2) is 4.79 Å². The molecule has 7 nitrogen and oxygen atoms in total. The summed E-state index contributed by atoms with van der Waals surface area (Å²) >= 11 is 0. The van der Waals surface area contributed by atoms with E-state index < -0.39 is 11.6 Å². The van der Waals surface area contributed by atoms with Crippen LogP contribution < -0.4 is 10.6 Å². The molecule has 3 heterocycles.